The Hall–Kier alpha value is 0.0549. The van der Waals surface area contributed by atoms with E-state index in [1.165, 1.54) is 6.92 Å². The van der Waals surface area contributed by atoms with E-state index in [-0.39, 0.29) is 12.8 Å². The van der Waals surface area contributed by atoms with Gasteiger partial charge >= 0.3 is 7.60 Å². The molecule has 0 aliphatic carbocycles. The molecule has 1 aliphatic rings. The fourth-order valence-electron chi connectivity index (χ4n) is 2.06. The molecule has 1 fully saturated rings. The molecule has 4 unspecified atom stereocenters. The monoisotopic (exact) mass is 310 g/mol. The van der Waals surface area contributed by atoms with Crippen molar-refractivity contribution in [3.8, 4) is 0 Å². The molecule has 0 bridgehead atoms. The second kappa shape index (κ2) is 6.44. The van der Waals surface area contributed by atoms with Gasteiger partial charge in [0.2, 0.25) is 0 Å². The summed E-state index contributed by atoms with van der Waals surface area (Å²) in [6.07, 6.45) is -3.19. The molecule has 0 spiro atoms. The molecule has 20 heavy (non-hydrogen) atoms. The van der Waals surface area contributed by atoms with Gasteiger partial charge in [0.25, 0.3) is 0 Å². The number of rotatable bonds is 6. The fraction of sp³-hybridized carbons (Fsp3) is 1.00. The first kappa shape index (κ1) is 18.1. The number of ether oxygens (including phenoxy) is 1. The van der Waals surface area contributed by atoms with Crippen LogP contribution < -0.4 is 0 Å². The van der Waals surface area contributed by atoms with Gasteiger partial charge in [0.15, 0.2) is 5.34 Å². The van der Waals surface area contributed by atoms with Gasteiger partial charge in [-0.05, 0) is 20.3 Å². The predicted octanol–water partition coefficient (Wildman–Crippen LogP) is -0.835. The molecule has 0 aromatic carbocycles. The lowest BCUT2D eigenvalue weighted by Crippen LogP contribution is -2.34. The summed E-state index contributed by atoms with van der Waals surface area (Å²) in [7, 11) is -2.57. The third-order valence-electron chi connectivity index (χ3n) is 3.77. The Morgan fingerprint density at radius 2 is 2.00 bits per heavy atom. The van der Waals surface area contributed by atoms with E-state index in [0.717, 1.165) is 0 Å². The van der Waals surface area contributed by atoms with Crippen molar-refractivity contribution in [1.82, 2.24) is 0 Å². The normalized spacial score (nSPS) is 38.1. The maximum atomic E-state index is 12.0. The SMILES string of the molecule is B[C@@H]1O[C@H](CC(C)OP(=O)(O)C(C)(O)CC)C(O)[C@@H]1O. The zero-order valence-electron chi connectivity index (χ0n) is 12.3. The van der Waals surface area contributed by atoms with Crippen molar-refractivity contribution >= 4 is 15.4 Å². The quantitative estimate of drug-likeness (QED) is 0.373. The summed E-state index contributed by atoms with van der Waals surface area (Å²) in [5.41, 5.74) is 0. The molecule has 0 aromatic rings. The summed E-state index contributed by atoms with van der Waals surface area (Å²) in [4.78, 5) is 9.79. The van der Waals surface area contributed by atoms with Gasteiger partial charge in [0.1, 0.15) is 20.1 Å². The molecule has 7 atom stereocenters. The second-order valence-electron chi connectivity index (χ2n) is 5.60. The zero-order chi connectivity index (χ0) is 15.7. The van der Waals surface area contributed by atoms with Crippen LogP contribution in [0.3, 0.4) is 0 Å². The highest BCUT2D eigenvalue weighted by molar-refractivity contribution is 7.54. The number of aliphatic hydroxyl groups excluding tert-OH is 2. The third-order valence-corrected chi connectivity index (χ3v) is 5.95. The highest BCUT2D eigenvalue weighted by Gasteiger charge is 2.45. The first-order chi connectivity index (χ1) is 9.01. The molecular formula is C11H24BO7P. The average molecular weight is 310 g/mol. The molecule has 9 heteroatoms. The van der Waals surface area contributed by atoms with Crippen LogP contribution in [0.1, 0.15) is 33.6 Å². The van der Waals surface area contributed by atoms with E-state index in [1.54, 1.807) is 21.7 Å². The Balaban J connectivity index is 2.61. The molecule has 1 rings (SSSR count). The average Bonchev–Trinajstić information content (AvgIpc) is 2.56. The van der Waals surface area contributed by atoms with Crippen molar-refractivity contribution in [1.29, 1.82) is 0 Å². The maximum Gasteiger partial charge on any atom is 0.359 e. The third kappa shape index (κ3) is 3.82. The number of hydrogen-bond donors (Lipinski definition) is 4. The Morgan fingerprint density at radius 1 is 1.45 bits per heavy atom. The van der Waals surface area contributed by atoms with Crippen LogP contribution in [0.15, 0.2) is 0 Å². The standard InChI is InChI=1S/C11H24BO7P/c1-4-11(3,15)20(16,17)19-6(2)5-7-8(13)9(14)10(12)18-7/h6-10,13-15H,4-5,12H2,1-3H3,(H,16,17)/t6?,7-,8?,9+,10-,11?/m1/s1. The Morgan fingerprint density at radius 3 is 2.40 bits per heavy atom. The van der Waals surface area contributed by atoms with E-state index < -0.39 is 43.4 Å². The van der Waals surface area contributed by atoms with Crippen molar-refractivity contribution in [3.05, 3.63) is 0 Å². The van der Waals surface area contributed by atoms with E-state index in [0.29, 0.717) is 0 Å². The zero-order valence-corrected chi connectivity index (χ0v) is 13.2. The first-order valence-corrected chi connectivity index (χ1v) is 8.35. The van der Waals surface area contributed by atoms with Crippen LogP contribution in [0.5, 0.6) is 0 Å². The molecule has 7 nitrogen and oxygen atoms in total. The van der Waals surface area contributed by atoms with Gasteiger partial charge in [-0.25, -0.2) is 0 Å². The molecule has 118 valence electrons. The van der Waals surface area contributed by atoms with Crippen LogP contribution >= 0.6 is 7.60 Å². The molecule has 0 saturated carbocycles. The summed E-state index contributed by atoms with van der Waals surface area (Å²) in [6.45, 7) is 4.38. The highest BCUT2D eigenvalue weighted by atomic mass is 31.2. The summed E-state index contributed by atoms with van der Waals surface area (Å²) in [5, 5.41) is 27.4. The second-order valence-corrected chi connectivity index (χ2v) is 7.82. The van der Waals surface area contributed by atoms with Gasteiger partial charge < -0.3 is 29.5 Å². The Bertz CT molecular complexity index is 378. The molecule has 1 saturated heterocycles. The van der Waals surface area contributed by atoms with Crippen molar-refractivity contribution in [2.24, 2.45) is 0 Å². The number of aliphatic hydroxyl groups is 3. The van der Waals surface area contributed by atoms with Crippen molar-refractivity contribution < 1.29 is 34.0 Å². The van der Waals surface area contributed by atoms with Gasteiger partial charge in [-0.15, -0.1) is 0 Å². The lowest BCUT2D eigenvalue weighted by molar-refractivity contribution is -0.00564. The van der Waals surface area contributed by atoms with Crippen LogP contribution in [0.25, 0.3) is 0 Å². The summed E-state index contributed by atoms with van der Waals surface area (Å²) in [5.74, 6) is 0. The minimum absolute atomic E-state index is 0.0752. The maximum absolute atomic E-state index is 12.0. The Labute approximate surface area is 119 Å². The molecule has 4 N–H and O–H groups in total. The van der Waals surface area contributed by atoms with Crippen LogP contribution in [-0.4, -0.2) is 63.8 Å². The summed E-state index contributed by atoms with van der Waals surface area (Å²) < 4.78 is 22.4. The summed E-state index contributed by atoms with van der Waals surface area (Å²) >= 11 is 0. The lowest BCUT2D eigenvalue weighted by atomic mass is 9.92. The predicted molar refractivity (Wildman–Crippen MR) is 75.1 cm³/mol. The van der Waals surface area contributed by atoms with E-state index in [1.807, 2.05) is 0 Å². The van der Waals surface area contributed by atoms with Crippen LogP contribution in [0, 0.1) is 0 Å². The summed E-state index contributed by atoms with van der Waals surface area (Å²) in [6, 6.07) is -0.498. The molecule has 1 aliphatic heterocycles. The highest BCUT2D eigenvalue weighted by Crippen LogP contribution is 2.56. The van der Waals surface area contributed by atoms with Gasteiger partial charge in [-0.1, -0.05) is 6.92 Å². The minimum atomic E-state index is -4.20. The van der Waals surface area contributed by atoms with Gasteiger partial charge in [0, 0.05) is 6.42 Å². The van der Waals surface area contributed by atoms with E-state index in [2.05, 4.69) is 0 Å². The minimum Gasteiger partial charge on any atom is -0.388 e. The fourth-order valence-corrected chi connectivity index (χ4v) is 3.26. The first-order valence-electron chi connectivity index (χ1n) is 6.77. The van der Waals surface area contributed by atoms with Crippen LogP contribution in [0.4, 0.5) is 0 Å². The van der Waals surface area contributed by atoms with Crippen molar-refractivity contribution in [3.63, 3.8) is 0 Å². The largest absolute Gasteiger partial charge is 0.388 e. The smallest absolute Gasteiger partial charge is 0.359 e. The lowest BCUT2D eigenvalue weighted by Gasteiger charge is -2.30. The van der Waals surface area contributed by atoms with Crippen LogP contribution in [-0.2, 0) is 13.8 Å². The molecule has 0 amide bonds. The van der Waals surface area contributed by atoms with Gasteiger partial charge in [0.05, 0.1) is 18.2 Å². The van der Waals surface area contributed by atoms with Crippen molar-refractivity contribution in [2.75, 3.05) is 0 Å². The van der Waals surface area contributed by atoms with E-state index in [9.17, 15) is 24.8 Å². The number of hydrogen-bond acceptors (Lipinski definition) is 6. The van der Waals surface area contributed by atoms with E-state index in [4.69, 9.17) is 9.26 Å². The molecule has 0 radical (unpaired) electrons. The molecule has 0 aromatic heterocycles. The topological polar surface area (TPSA) is 116 Å². The van der Waals surface area contributed by atoms with Crippen LogP contribution in [0.2, 0.25) is 0 Å². The molecule has 1 heterocycles. The molecular weight excluding hydrogens is 286 g/mol. The van der Waals surface area contributed by atoms with Gasteiger partial charge in [-0.2, -0.15) is 0 Å². The van der Waals surface area contributed by atoms with Crippen molar-refractivity contribution in [2.45, 2.75) is 69.4 Å². The Kier molecular flexibility index (Phi) is 5.83. The van der Waals surface area contributed by atoms with E-state index >= 15 is 0 Å². The van der Waals surface area contributed by atoms with Gasteiger partial charge in [-0.3, -0.25) is 4.57 Å².